The van der Waals surface area contributed by atoms with E-state index in [-0.39, 0.29) is 0 Å². The number of nitrogens with zero attached hydrogens (tertiary/aromatic N) is 1. The number of unbranched alkanes of at least 4 members (excludes halogenated alkanes) is 1. The molecule has 1 aliphatic rings. The van der Waals surface area contributed by atoms with Gasteiger partial charge in [0.05, 0.1) is 0 Å². The maximum Gasteiger partial charge on any atom is 0.327 e. The second-order valence-electron chi connectivity index (χ2n) is 7.43. The third-order valence-electron chi connectivity index (χ3n) is 4.97. The maximum atomic E-state index is 12.5. The zero-order valence-corrected chi connectivity index (χ0v) is 17.4. The number of rotatable bonds is 9. The Morgan fingerprint density at radius 2 is 1.86 bits per heavy atom. The van der Waals surface area contributed by atoms with E-state index in [4.69, 9.17) is 4.74 Å². The van der Waals surface area contributed by atoms with E-state index >= 15 is 0 Å². The van der Waals surface area contributed by atoms with E-state index in [9.17, 15) is 19.2 Å². The van der Waals surface area contributed by atoms with Crippen LogP contribution in [0.2, 0.25) is 0 Å². The van der Waals surface area contributed by atoms with Gasteiger partial charge in [-0.3, -0.25) is 19.3 Å². The van der Waals surface area contributed by atoms with Gasteiger partial charge in [0.15, 0.2) is 6.10 Å². The Morgan fingerprint density at radius 1 is 1.21 bits per heavy atom. The molecule has 2 rings (SSSR count). The molecule has 2 atom stereocenters. The van der Waals surface area contributed by atoms with Crippen LogP contribution in [0.3, 0.4) is 0 Å². The SMILES string of the molecule is CCCC[C@@]1(C)NC(=O)N(CC(=O)O[C@H](C)C(=O)Nc2ccc(CC)cc2)C1=O. The van der Waals surface area contributed by atoms with Crippen LogP contribution in [0.4, 0.5) is 10.5 Å². The fourth-order valence-corrected chi connectivity index (χ4v) is 3.08. The van der Waals surface area contributed by atoms with Crippen molar-refractivity contribution in [2.24, 2.45) is 0 Å². The summed E-state index contributed by atoms with van der Waals surface area (Å²) in [6, 6.07) is 6.73. The molecule has 0 unspecified atom stereocenters. The Hall–Kier alpha value is -2.90. The van der Waals surface area contributed by atoms with Crippen molar-refractivity contribution >= 4 is 29.5 Å². The highest BCUT2D eigenvalue weighted by Crippen LogP contribution is 2.23. The molecule has 8 heteroatoms. The van der Waals surface area contributed by atoms with Crippen LogP contribution in [0.1, 0.15) is 52.5 Å². The molecule has 0 radical (unpaired) electrons. The lowest BCUT2D eigenvalue weighted by molar-refractivity contribution is -0.155. The van der Waals surface area contributed by atoms with Crippen LogP contribution < -0.4 is 10.6 Å². The van der Waals surface area contributed by atoms with Gasteiger partial charge in [0.1, 0.15) is 12.1 Å². The molecule has 0 saturated carbocycles. The van der Waals surface area contributed by atoms with Gasteiger partial charge in [-0.1, -0.05) is 38.8 Å². The first-order valence-electron chi connectivity index (χ1n) is 9.93. The lowest BCUT2D eigenvalue weighted by atomic mass is 9.95. The fourth-order valence-electron chi connectivity index (χ4n) is 3.08. The second kappa shape index (κ2) is 9.54. The summed E-state index contributed by atoms with van der Waals surface area (Å²) in [7, 11) is 0. The maximum absolute atomic E-state index is 12.5. The molecule has 1 aromatic rings. The number of aryl methyl sites for hydroxylation is 1. The molecule has 0 aromatic heterocycles. The zero-order chi connectivity index (χ0) is 21.6. The van der Waals surface area contributed by atoms with Crippen molar-refractivity contribution in [2.75, 3.05) is 11.9 Å². The minimum atomic E-state index is -1.07. The van der Waals surface area contributed by atoms with E-state index in [0.29, 0.717) is 12.1 Å². The molecule has 4 amide bonds. The summed E-state index contributed by atoms with van der Waals surface area (Å²) in [6.45, 7) is 6.57. The molecule has 0 aliphatic carbocycles. The standard InChI is InChI=1S/C21H29N3O5/c1-5-7-12-21(4)19(27)24(20(28)23-21)13-17(25)29-14(3)18(26)22-16-10-8-15(6-2)9-11-16/h8-11,14H,5-7,12-13H2,1-4H3,(H,22,26)(H,23,28)/t14-,21-/m1/s1. The highest BCUT2D eigenvalue weighted by Gasteiger charge is 2.48. The van der Waals surface area contributed by atoms with Gasteiger partial charge < -0.3 is 15.4 Å². The number of anilines is 1. The van der Waals surface area contributed by atoms with Crippen molar-refractivity contribution in [2.45, 2.75) is 65.0 Å². The fraction of sp³-hybridized carbons (Fsp3) is 0.524. The van der Waals surface area contributed by atoms with Crippen molar-refractivity contribution < 1.29 is 23.9 Å². The van der Waals surface area contributed by atoms with E-state index in [1.165, 1.54) is 6.92 Å². The minimum absolute atomic E-state index is 0.457. The number of benzene rings is 1. The summed E-state index contributed by atoms with van der Waals surface area (Å²) >= 11 is 0. The highest BCUT2D eigenvalue weighted by atomic mass is 16.5. The zero-order valence-electron chi connectivity index (χ0n) is 17.4. The minimum Gasteiger partial charge on any atom is -0.451 e. The Labute approximate surface area is 171 Å². The first-order chi connectivity index (χ1) is 13.7. The Bertz CT molecular complexity index is 777. The molecule has 0 bridgehead atoms. The summed E-state index contributed by atoms with van der Waals surface area (Å²) in [5.41, 5.74) is 0.721. The molecular weight excluding hydrogens is 374 g/mol. The van der Waals surface area contributed by atoms with Gasteiger partial charge in [0.2, 0.25) is 0 Å². The van der Waals surface area contributed by atoms with Crippen LogP contribution in [0.15, 0.2) is 24.3 Å². The topological polar surface area (TPSA) is 105 Å². The third-order valence-corrected chi connectivity index (χ3v) is 4.97. The molecule has 29 heavy (non-hydrogen) atoms. The summed E-state index contributed by atoms with van der Waals surface area (Å²) < 4.78 is 5.11. The molecule has 1 fully saturated rings. The highest BCUT2D eigenvalue weighted by molar-refractivity contribution is 6.08. The van der Waals surface area contributed by atoms with Crippen LogP contribution in [0.5, 0.6) is 0 Å². The van der Waals surface area contributed by atoms with Gasteiger partial charge in [0, 0.05) is 5.69 Å². The Kier molecular flexibility index (Phi) is 7.36. The Morgan fingerprint density at radius 3 is 2.45 bits per heavy atom. The molecule has 1 aromatic carbocycles. The molecule has 0 spiro atoms. The molecule has 1 aliphatic heterocycles. The van der Waals surface area contributed by atoms with Crippen LogP contribution in [-0.2, 0) is 25.5 Å². The van der Waals surface area contributed by atoms with E-state index in [0.717, 1.165) is 29.7 Å². The number of imide groups is 1. The lowest BCUT2D eigenvalue weighted by Crippen LogP contribution is -2.44. The number of amides is 4. The third kappa shape index (κ3) is 5.56. The number of urea groups is 1. The van der Waals surface area contributed by atoms with E-state index in [1.807, 2.05) is 26.0 Å². The Balaban J connectivity index is 1.89. The average molecular weight is 403 g/mol. The van der Waals surface area contributed by atoms with Crippen LogP contribution in [0, 0.1) is 0 Å². The first kappa shape index (κ1) is 22.4. The largest absolute Gasteiger partial charge is 0.451 e. The number of esters is 1. The number of hydrogen-bond donors (Lipinski definition) is 2. The van der Waals surface area contributed by atoms with E-state index in [2.05, 4.69) is 10.6 Å². The van der Waals surface area contributed by atoms with Crippen LogP contribution in [0.25, 0.3) is 0 Å². The monoisotopic (exact) mass is 403 g/mol. The van der Waals surface area contributed by atoms with E-state index in [1.54, 1.807) is 19.1 Å². The van der Waals surface area contributed by atoms with Crippen molar-refractivity contribution in [3.8, 4) is 0 Å². The molecule has 1 heterocycles. The number of carbonyl (C=O) groups excluding carboxylic acids is 4. The predicted molar refractivity (Wildman–Crippen MR) is 108 cm³/mol. The normalized spacial score (nSPS) is 19.7. The van der Waals surface area contributed by atoms with Crippen molar-refractivity contribution in [1.82, 2.24) is 10.2 Å². The number of ether oxygens (including phenoxy) is 1. The molecule has 1 saturated heterocycles. The van der Waals surface area contributed by atoms with E-state index < -0.39 is 42.0 Å². The number of hydrogen-bond acceptors (Lipinski definition) is 5. The quantitative estimate of drug-likeness (QED) is 0.487. The number of nitrogens with one attached hydrogen (secondary N) is 2. The molecular formula is C21H29N3O5. The van der Waals surface area contributed by atoms with Gasteiger partial charge in [-0.15, -0.1) is 0 Å². The van der Waals surface area contributed by atoms with Gasteiger partial charge in [-0.2, -0.15) is 0 Å². The van der Waals surface area contributed by atoms with Gasteiger partial charge in [-0.25, -0.2) is 4.79 Å². The van der Waals surface area contributed by atoms with Crippen LogP contribution >= 0.6 is 0 Å². The second-order valence-corrected chi connectivity index (χ2v) is 7.43. The summed E-state index contributed by atoms with van der Waals surface area (Å²) in [6.07, 6.45) is 1.98. The number of carbonyl (C=O) groups is 4. The average Bonchev–Trinajstić information content (AvgIpc) is 2.90. The van der Waals surface area contributed by atoms with Crippen molar-refractivity contribution in [3.05, 3.63) is 29.8 Å². The van der Waals surface area contributed by atoms with Gasteiger partial charge >= 0.3 is 12.0 Å². The molecule has 8 nitrogen and oxygen atoms in total. The predicted octanol–water partition coefficient (Wildman–Crippen LogP) is 2.62. The smallest absolute Gasteiger partial charge is 0.327 e. The van der Waals surface area contributed by atoms with Gasteiger partial charge in [0.25, 0.3) is 11.8 Å². The molecule has 158 valence electrons. The molecule has 2 N–H and O–H groups in total. The lowest BCUT2D eigenvalue weighted by Gasteiger charge is -2.21. The van der Waals surface area contributed by atoms with Crippen molar-refractivity contribution in [3.63, 3.8) is 0 Å². The summed E-state index contributed by atoms with van der Waals surface area (Å²) in [5.74, 6) is -1.77. The summed E-state index contributed by atoms with van der Waals surface area (Å²) in [4.78, 5) is 49.9. The van der Waals surface area contributed by atoms with Gasteiger partial charge in [-0.05, 0) is 44.4 Å². The summed E-state index contributed by atoms with van der Waals surface area (Å²) in [5, 5.41) is 5.31. The van der Waals surface area contributed by atoms with Crippen molar-refractivity contribution in [1.29, 1.82) is 0 Å². The first-order valence-corrected chi connectivity index (χ1v) is 9.93. The van der Waals surface area contributed by atoms with Crippen LogP contribution in [-0.4, -0.2) is 46.9 Å².